The van der Waals surface area contributed by atoms with E-state index in [1.54, 1.807) is 0 Å². The molecule has 0 spiro atoms. The van der Waals surface area contributed by atoms with Crippen molar-refractivity contribution in [3.05, 3.63) is 48.2 Å². The van der Waals surface area contributed by atoms with Gasteiger partial charge in [-0.1, -0.05) is 12.1 Å². The van der Waals surface area contributed by atoms with Crippen LogP contribution in [-0.4, -0.2) is 88.3 Å². The largest absolute Gasteiger partial charge is 0.379 e. The Labute approximate surface area is 211 Å². The van der Waals surface area contributed by atoms with Gasteiger partial charge in [0, 0.05) is 69.1 Å². The maximum atomic E-state index is 5.47. The van der Waals surface area contributed by atoms with Crippen LogP contribution in [0.1, 0.15) is 19.4 Å². The van der Waals surface area contributed by atoms with E-state index in [4.69, 9.17) is 14.7 Å². The summed E-state index contributed by atoms with van der Waals surface area (Å²) in [4.78, 5) is 25.0. The number of H-pyrrole nitrogens is 1. The lowest BCUT2D eigenvalue weighted by Gasteiger charge is -2.36. The first-order valence-electron chi connectivity index (χ1n) is 12.9. The Bertz CT molecular complexity index is 1340. The number of benzene rings is 2. The first-order chi connectivity index (χ1) is 17.6. The van der Waals surface area contributed by atoms with Gasteiger partial charge in [-0.3, -0.25) is 9.80 Å². The first kappa shape index (κ1) is 23.1. The number of ether oxygens (including phenoxy) is 1. The molecule has 2 aliphatic heterocycles. The highest BCUT2D eigenvalue weighted by molar-refractivity contribution is 5.83. The number of morpholine rings is 1. The van der Waals surface area contributed by atoms with Gasteiger partial charge in [-0.15, -0.1) is 0 Å². The van der Waals surface area contributed by atoms with E-state index < -0.39 is 0 Å². The Morgan fingerprint density at radius 2 is 1.78 bits per heavy atom. The summed E-state index contributed by atoms with van der Waals surface area (Å²) in [5.74, 6) is 1.54. The average Bonchev–Trinajstić information content (AvgIpc) is 3.33. The van der Waals surface area contributed by atoms with Crippen molar-refractivity contribution in [2.75, 3.05) is 62.7 Å². The molecular weight excluding hydrogens is 452 g/mol. The molecule has 0 aliphatic carbocycles. The minimum atomic E-state index is 0.588. The molecule has 2 saturated heterocycles. The number of nitrogens with zero attached hydrogens (tertiary/aromatic N) is 6. The summed E-state index contributed by atoms with van der Waals surface area (Å²) >= 11 is 0. The van der Waals surface area contributed by atoms with Gasteiger partial charge in [0.2, 0.25) is 11.9 Å². The van der Waals surface area contributed by atoms with Gasteiger partial charge in [-0.25, -0.2) is 15.0 Å². The number of aromatic amines is 1. The Morgan fingerprint density at radius 1 is 0.944 bits per heavy atom. The van der Waals surface area contributed by atoms with Gasteiger partial charge in [0.05, 0.1) is 29.8 Å². The second kappa shape index (κ2) is 10.0. The molecule has 0 unspecified atom stereocenters. The molecule has 188 valence electrons. The SMILES string of the molecule is CC(C)N1CCN(c2nc3ccc(Nc4ncc5ccc(CN6CCOCC6)cc5n4)cc3[nH]2)CC1. The highest BCUT2D eigenvalue weighted by Crippen LogP contribution is 2.24. The van der Waals surface area contributed by atoms with Crippen LogP contribution in [0.4, 0.5) is 17.6 Å². The lowest BCUT2D eigenvalue weighted by atomic mass is 10.1. The van der Waals surface area contributed by atoms with Crippen molar-refractivity contribution >= 4 is 39.5 Å². The van der Waals surface area contributed by atoms with E-state index in [9.17, 15) is 0 Å². The molecule has 6 rings (SSSR count). The zero-order valence-corrected chi connectivity index (χ0v) is 21.1. The van der Waals surface area contributed by atoms with E-state index in [-0.39, 0.29) is 0 Å². The van der Waals surface area contributed by atoms with E-state index in [1.807, 2.05) is 18.3 Å². The third-order valence-corrected chi connectivity index (χ3v) is 7.23. The van der Waals surface area contributed by atoms with E-state index in [0.29, 0.717) is 12.0 Å². The minimum absolute atomic E-state index is 0.588. The Hall–Kier alpha value is -3.27. The summed E-state index contributed by atoms with van der Waals surface area (Å²) in [6, 6.07) is 13.2. The Kier molecular flexibility index (Phi) is 6.43. The normalized spacial score (nSPS) is 17.9. The third kappa shape index (κ3) is 5.00. The molecule has 4 aromatic rings. The van der Waals surface area contributed by atoms with Crippen LogP contribution in [0.15, 0.2) is 42.6 Å². The van der Waals surface area contributed by atoms with Crippen molar-refractivity contribution in [3.8, 4) is 0 Å². The van der Waals surface area contributed by atoms with Crippen LogP contribution in [-0.2, 0) is 11.3 Å². The van der Waals surface area contributed by atoms with Gasteiger partial charge in [0.25, 0.3) is 0 Å². The maximum absolute atomic E-state index is 5.47. The molecular formula is C27H34N8O. The zero-order valence-electron chi connectivity index (χ0n) is 21.1. The van der Waals surface area contributed by atoms with Crippen LogP contribution in [0, 0.1) is 0 Å². The highest BCUT2D eigenvalue weighted by atomic mass is 16.5. The first-order valence-corrected chi connectivity index (χ1v) is 12.9. The molecule has 2 fully saturated rings. The van der Waals surface area contributed by atoms with Gasteiger partial charge in [0.15, 0.2) is 0 Å². The molecule has 0 bridgehead atoms. The molecule has 9 nitrogen and oxygen atoms in total. The lowest BCUT2D eigenvalue weighted by Crippen LogP contribution is -2.49. The number of hydrogen-bond acceptors (Lipinski definition) is 8. The maximum Gasteiger partial charge on any atom is 0.227 e. The van der Waals surface area contributed by atoms with Crippen LogP contribution in [0.2, 0.25) is 0 Å². The molecule has 9 heteroatoms. The summed E-state index contributed by atoms with van der Waals surface area (Å²) in [5, 5.41) is 4.42. The van der Waals surface area contributed by atoms with Crippen molar-refractivity contribution in [1.29, 1.82) is 0 Å². The number of nitrogens with one attached hydrogen (secondary N) is 2. The second-order valence-corrected chi connectivity index (χ2v) is 10.0. The molecule has 0 radical (unpaired) electrons. The smallest absolute Gasteiger partial charge is 0.227 e. The fourth-order valence-corrected chi connectivity index (χ4v) is 5.05. The van der Waals surface area contributed by atoms with Crippen molar-refractivity contribution in [1.82, 2.24) is 29.7 Å². The monoisotopic (exact) mass is 486 g/mol. The number of imidazole rings is 1. The average molecular weight is 487 g/mol. The molecule has 4 heterocycles. The molecule has 0 saturated carbocycles. The fraction of sp³-hybridized carbons (Fsp3) is 0.444. The van der Waals surface area contributed by atoms with Crippen molar-refractivity contribution in [2.24, 2.45) is 0 Å². The molecule has 2 aromatic heterocycles. The van der Waals surface area contributed by atoms with Gasteiger partial charge >= 0.3 is 0 Å². The number of anilines is 3. The van der Waals surface area contributed by atoms with E-state index in [2.05, 4.69) is 68.1 Å². The third-order valence-electron chi connectivity index (χ3n) is 7.23. The summed E-state index contributed by atoms with van der Waals surface area (Å²) in [5.41, 5.74) is 5.12. The number of aromatic nitrogens is 4. The van der Waals surface area contributed by atoms with E-state index in [0.717, 1.165) is 92.6 Å². The molecule has 0 amide bonds. The number of fused-ring (bicyclic) bond motifs is 2. The summed E-state index contributed by atoms with van der Waals surface area (Å²) in [6.45, 7) is 13.1. The number of rotatable bonds is 6. The van der Waals surface area contributed by atoms with Crippen molar-refractivity contribution in [2.45, 2.75) is 26.4 Å². The molecule has 2 aliphatic rings. The zero-order chi connectivity index (χ0) is 24.5. The van der Waals surface area contributed by atoms with Gasteiger partial charge < -0.3 is 19.9 Å². The van der Waals surface area contributed by atoms with Crippen LogP contribution >= 0.6 is 0 Å². The highest BCUT2D eigenvalue weighted by Gasteiger charge is 2.21. The van der Waals surface area contributed by atoms with Crippen molar-refractivity contribution in [3.63, 3.8) is 0 Å². The quantitative estimate of drug-likeness (QED) is 0.428. The molecule has 2 N–H and O–H groups in total. The molecule has 0 atom stereocenters. The fourth-order valence-electron chi connectivity index (χ4n) is 5.05. The Morgan fingerprint density at radius 3 is 2.58 bits per heavy atom. The van der Waals surface area contributed by atoms with Crippen LogP contribution in [0.25, 0.3) is 21.9 Å². The standard InChI is InChI=1S/C27H34N8O/c1-19(2)34-7-9-35(10-8-34)27-31-23-6-5-22(16-25(23)32-27)29-26-28-17-21-4-3-20(15-24(21)30-26)18-33-11-13-36-14-12-33/h3-6,15-17,19H,7-14,18H2,1-2H3,(H,31,32)(H,28,29,30). The second-order valence-electron chi connectivity index (χ2n) is 10.0. The van der Waals surface area contributed by atoms with Crippen molar-refractivity contribution < 1.29 is 4.74 Å². The summed E-state index contributed by atoms with van der Waals surface area (Å²) in [7, 11) is 0. The predicted molar refractivity (Wildman–Crippen MR) is 144 cm³/mol. The minimum Gasteiger partial charge on any atom is -0.379 e. The van der Waals surface area contributed by atoms with Crippen LogP contribution in [0.3, 0.4) is 0 Å². The van der Waals surface area contributed by atoms with E-state index in [1.165, 1.54) is 5.56 Å². The van der Waals surface area contributed by atoms with Crippen LogP contribution in [0.5, 0.6) is 0 Å². The van der Waals surface area contributed by atoms with Gasteiger partial charge in [-0.05, 0) is 43.7 Å². The van der Waals surface area contributed by atoms with Crippen LogP contribution < -0.4 is 10.2 Å². The Balaban J connectivity index is 1.17. The van der Waals surface area contributed by atoms with E-state index >= 15 is 0 Å². The van der Waals surface area contributed by atoms with Gasteiger partial charge in [0.1, 0.15) is 0 Å². The number of hydrogen-bond donors (Lipinski definition) is 2. The topological polar surface area (TPSA) is 85.4 Å². The molecule has 2 aromatic carbocycles. The summed E-state index contributed by atoms with van der Waals surface area (Å²) in [6.07, 6.45) is 1.88. The summed E-state index contributed by atoms with van der Waals surface area (Å²) < 4.78 is 5.47. The number of piperazine rings is 1. The molecule has 36 heavy (non-hydrogen) atoms. The lowest BCUT2D eigenvalue weighted by molar-refractivity contribution is 0.0342. The van der Waals surface area contributed by atoms with Gasteiger partial charge in [-0.2, -0.15) is 0 Å². The predicted octanol–water partition coefficient (Wildman–Crippen LogP) is 3.61.